The molecule has 0 saturated heterocycles. The van der Waals surface area contributed by atoms with Crippen molar-refractivity contribution in [3.05, 3.63) is 52.8 Å². The molecule has 0 spiro atoms. The van der Waals surface area contributed by atoms with E-state index >= 15 is 0 Å². The average Bonchev–Trinajstić information content (AvgIpc) is 2.75. The van der Waals surface area contributed by atoms with Crippen molar-refractivity contribution >= 4 is 40.7 Å². The van der Waals surface area contributed by atoms with Crippen molar-refractivity contribution in [2.45, 2.75) is 40.0 Å². The summed E-state index contributed by atoms with van der Waals surface area (Å²) in [5, 5.41) is 15.3. The Labute approximate surface area is 211 Å². The van der Waals surface area contributed by atoms with Gasteiger partial charge in [-0.1, -0.05) is 45.4 Å². The fourth-order valence-electron chi connectivity index (χ4n) is 3.83. The summed E-state index contributed by atoms with van der Waals surface area (Å²) < 4.78 is 19.3. The number of halogens is 2. The highest BCUT2D eigenvalue weighted by atomic mass is 35.5. The zero-order chi connectivity index (χ0) is 26.1. The van der Waals surface area contributed by atoms with Gasteiger partial charge in [-0.3, -0.25) is 4.79 Å². The highest BCUT2D eigenvalue weighted by Crippen LogP contribution is 2.33. The van der Waals surface area contributed by atoms with Gasteiger partial charge in [-0.25, -0.2) is 9.18 Å². The Bertz CT molecular complexity index is 1010. The van der Waals surface area contributed by atoms with Crippen LogP contribution < -0.4 is 15.5 Å². The van der Waals surface area contributed by atoms with E-state index in [4.69, 9.17) is 16.3 Å². The molecule has 0 saturated carbocycles. The van der Waals surface area contributed by atoms with E-state index in [1.807, 2.05) is 6.07 Å². The number of amides is 2. The molecule has 2 aromatic carbocycles. The first kappa shape index (κ1) is 28.4. The van der Waals surface area contributed by atoms with Crippen LogP contribution in [-0.2, 0) is 9.53 Å². The van der Waals surface area contributed by atoms with Crippen LogP contribution in [0.15, 0.2) is 36.4 Å². The van der Waals surface area contributed by atoms with Crippen LogP contribution in [0.25, 0.3) is 0 Å². The van der Waals surface area contributed by atoms with Crippen LogP contribution in [0, 0.1) is 17.7 Å². The summed E-state index contributed by atoms with van der Waals surface area (Å²) in [7, 11) is 1.52. The molecule has 0 aliphatic rings. The topological polar surface area (TPSA) is 90.9 Å². The van der Waals surface area contributed by atoms with E-state index < -0.39 is 23.7 Å². The number of carbonyl (C=O) groups excluding carboxylic acids is 1. The highest BCUT2D eigenvalue weighted by Gasteiger charge is 2.23. The summed E-state index contributed by atoms with van der Waals surface area (Å²) in [6.45, 7) is 10.2. The van der Waals surface area contributed by atoms with Crippen molar-refractivity contribution < 1.29 is 23.8 Å². The lowest BCUT2D eigenvalue weighted by Crippen LogP contribution is -2.32. The van der Waals surface area contributed by atoms with E-state index in [0.717, 1.165) is 24.8 Å². The van der Waals surface area contributed by atoms with Gasteiger partial charge in [-0.05, 0) is 54.2 Å². The van der Waals surface area contributed by atoms with Crippen LogP contribution in [0.4, 0.5) is 26.2 Å². The summed E-state index contributed by atoms with van der Waals surface area (Å²) in [5.41, 5.74) is 1.73. The standard InChI is InChI=1S/C26H35ClFN3O4/c1-16(2)14-31(15-17(3)4)24-9-6-18(20(25(32)33)10-11-35-5)12-23(24)30-26(34)29-22-8-7-19(27)13-21(22)28/h6-9,12-13,16-17,20H,10-11,14-15H2,1-5H3,(H,32,33)(H2,29,30,34). The molecule has 0 aliphatic carbocycles. The summed E-state index contributed by atoms with van der Waals surface area (Å²) in [6.07, 6.45) is 0.286. The molecule has 7 nitrogen and oxygen atoms in total. The first-order valence-electron chi connectivity index (χ1n) is 11.7. The SMILES string of the molecule is COCCC(C(=O)O)c1ccc(N(CC(C)C)CC(C)C)c(NC(=O)Nc2ccc(Cl)cc2F)c1. The molecule has 2 aromatic rings. The van der Waals surface area contributed by atoms with Crippen molar-refractivity contribution in [3.63, 3.8) is 0 Å². The smallest absolute Gasteiger partial charge is 0.323 e. The maximum atomic E-state index is 14.2. The molecular formula is C26H35ClFN3O4. The van der Waals surface area contributed by atoms with Gasteiger partial charge in [-0.2, -0.15) is 0 Å². The molecule has 0 radical (unpaired) electrons. The Morgan fingerprint density at radius 2 is 1.66 bits per heavy atom. The second-order valence-corrected chi connectivity index (χ2v) is 9.78. The normalized spacial score (nSPS) is 12.0. The maximum Gasteiger partial charge on any atom is 0.323 e. The van der Waals surface area contributed by atoms with Gasteiger partial charge in [0.1, 0.15) is 5.82 Å². The minimum absolute atomic E-state index is 0.0191. The number of aliphatic carboxylic acids is 1. The molecule has 192 valence electrons. The molecule has 2 rings (SSSR count). The Hall–Kier alpha value is -2.84. The zero-order valence-electron chi connectivity index (χ0n) is 20.9. The van der Waals surface area contributed by atoms with Gasteiger partial charge >= 0.3 is 12.0 Å². The highest BCUT2D eigenvalue weighted by molar-refractivity contribution is 6.30. The number of urea groups is 1. The van der Waals surface area contributed by atoms with E-state index in [1.165, 1.54) is 19.2 Å². The van der Waals surface area contributed by atoms with Gasteiger partial charge in [-0.15, -0.1) is 0 Å². The molecule has 0 fully saturated rings. The minimum Gasteiger partial charge on any atom is -0.481 e. The molecule has 0 heterocycles. The second-order valence-electron chi connectivity index (χ2n) is 9.34. The molecule has 2 amide bonds. The molecule has 35 heavy (non-hydrogen) atoms. The summed E-state index contributed by atoms with van der Waals surface area (Å²) in [4.78, 5) is 27.0. The van der Waals surface area contributed by atoms with Gasteiger partial charge in [0.15, 0.2) is 0 Å². The van der Waals surface area contributed by atoms with E-state index in [-0.39, 0.29) is 23.7 Å². The van der Waals surface area contributed by atoms with Crippen LogP contribution in [-0.4, -0.2) is 43.9 Å². The lowest BCUT2D eigenvalue weighted by molar-refractivity contribution is -0.139. The predicted molar refractivity (Wildman–Crippen MR) is 139 cm³/mol. The molecule has 9 heteroatoms. The van der Waals surface area contributed by atoms with E-state index in [2.05, 4.69) is 43.2 Å². The van der Waals surface area contributed by atoms with Crippen molar-refractivity contribution in [1.29, 1.82) is 0 Å². The number of rotatable bonds is 12. The number of methoxy groups -OCH3 is 1. The number of ether oxygens (including phenoxy) is 1. The van der Waals surface area contributed by atoms with Crippen molar-refractivity contribution in [2.24, 2.45) is 11.8 Å². The van der Waals surface area contributed by atoms with E-state index in [0.29, 0.717) is 23.1 Å². The number of hydrogen-bond acceptors (Lipinski definition) is 4. The number of nitrogens with zero attached hydrogens (tertiary/aromatic N) is 1. The zero-order valence-corrected chi connectivity index (χ0v) is 21.7. The first-order valence-corrected chi connectivity index (χ1v) is 12.0. The third-order valence-electron chi connectivity index (χ3n) is 5.27. The number of carboxylic acid groups (broad SMARTS) is 1. The number of anilines is 3. The molecule has 1 atom stereocenters. The van der Waals surface area contributed by atoms with Gasteiger partial charge < -0.3 is 25.4 Å². The van der Waals surface area contributed by atoms with Gasteiger partial charge in [0.25, 0.3) is 0 Å². The predicted octanol–water partition coefficient (Wildman–Crippen LogP) is 6.45. The lowest BCUT2D eigenvalue weighted by atomic mass is 9.95. The Kier molecular flexibility index (Phi) is 10.8. The number of benzene rings is 2. The van der Waals surface area contributed by atoms with Crippen LogP contribution in [0.2, 0.25) is 5.02 Å². The average molecular weight is 508 g/mol. The van der Waals surface area contributed by atoms with E-state index in [9.17, 15) is 19.1 Å². The van der Waals surface area contributed by atoms with Crippen LogP contribution in [0.1, 0.15) is 45.6 Å². The van der Waals surface area contributed by atoms with Gasteiger partial charge in [0, 0.05) is 31.8 Å². The molecular weight excluding hydrogens is 473 g/mol. The largest absolute Gasteiger partial charge is 0.481 e. The molecule has 1 unspecified atom stereocenters. The molecule has 0 aromatic heterocycles. The summed E-state index contributed by atoms with van der Waals surface area (Å²) in [5.74, 6) is -1.73. The third-order valence-corrected chi connectivity index (χ3v) is 5.51. The van der Waals surface area contributed by atoms with Crippen LogP contribution >= 0.6 is 11.6 Å². The molecule has 3 N–H and O–H groups in total. The first-order chi connectivity index (χ1) is 16.5. The van der Waals surface area contributed by atoms with Crippen LogP contribution in [0.5, 0.6) is 0 Å². The molecule has 0 aliphatic heterocycles. The van der Waals surface area contributed by atoms with Crippen molar-refractivity contribution in [1.82, 2.24) is 0 Å². The van der Waals surface area contributed by atoms with Crippen molar-refractivity contribution in [3.8, 4) is 0 Å². The van der Waals surface area contributed by atoms with Gasteiger partial charge in [0.2, 0.25) is 0 Å². The number of carbonyl (C=O) groups is 2. The summed E-state index contributed by atoms with van der Waals surface area (Å²) in [6, 6.07) is 8.61. The Morgan fingerprint density at radius 1 is 1.03 bits per heavy atom. The quantitative estimate of drug-likeness (QED) is 0.307. The minimum atomic E-state index is -0.977. The fourth-order valence-corrected chi connectivity index (χ4v) is 3.99. The molecule has 0 bridgehead atoms. The van der Waals surface area contributed by atoms with Gasteiger partial charge in [0.05, 0.1) is 23.0 Å². The summed E-state index contributed by atoms with van der Waals surface area (Å²) >= 11 is 5.80. The van der Waals surface area contributed by atoms with Crippen LogP contribution in [0.3, 0.4) is 0 Å². The Balaban J connectivity index is 2.46. The van der Waals surface area contributed by atoms with Crippen molar-refractivity contribution in [2.75, 3.05) is 42.3 Å². The fraction of sp³-hybridized carbons (Fsp3) is 0.462. The number of nitrogens with one attached hydrogen (secondary N) is 2. The lowest BCUT2D eigenvalue weighted by Gasteiger charge is -2.31. The maximum absolute atomic E-state index is 14.2. The third kappa shape index (κ3) is 8.71. The Morgan fingerprint density at radius 3 is 2.20 bits per heavy atom. The number of hydrogen-bond donors (Lipinski definition) is 3. The second kappa shape index (κ2) is 13.3. The monoisotopic (exact) mass is 507 g/mol. The van der Waals surface area contributed by atoms with E-state index in [1.54, 1.807) is 12.1 Å². The number of carboxylic acids is 1.